The number of fused-ring (bicyclic) bond motifs is 1. The molecule has 3 aromatic heterocycles. The van der Waals surface area contributed by atoms with Gasteiger partial charge in [-0.2, -0.15) is 15.2 Å². The molecule has 0 aliphatic heterocycles. The Morgan fingerprint density at radius 1 is 1.06 bits per heavy atom. The quantitative estimate of drug-likeness (QED) is 0.440. The van der Waals surface area contributed by atoms with E-state index < -0.39 is 0 Å². The van der Waals surface area contributed by atoms with E-state index in [0.29, 0.717) is 11.8 Å². The van der Waals surface area contributed by atoms with E-state index in [4.69, 9.17) is 22.5 Å². The van der Waals surface area contributed by atoms with Crippen molar-refractivity contribution in [2.75, 3.05) is 17.2 Å². The summed E-state index contributed by atoms with van der Waals surface area (Å²) in [6.45, 7) is 3.93. The predicted molar refractivity (Wildman–Crippen MR) is 119 cm³/mol. The van der Waals surface area contributed by atoms with Crippen LogP contribution in [0, 0.1) is 18.3 Å². The SMILES string of the molecule is CCc1nc2cccc(C)c2c(=O)n1-c1cccnc1.N#Cc1c(N)nc(N)nc1N. The summed E-state index contributed by atoms with van der Waals surface area (Å²) in [5.41, 5.74) is 18.3. The van der Waals surface area contributed by atoms with Gasteiger partial charge in [0.2, 0.25) is 5.95 Å². The van der Waals surface area contributed by atoms with Gasteiger partial charge in [0.05, 0.1) is 22.8 Å². The first kappa shape index (κ1) is 21.2. The van der Waals surface area contributed by atoms with Gasteiger partial charge in [0.1, 0.15) is 29.1 Å². The average molecular weight is 415 g/mol. The number of nitrogens with two attached hydrogens (primary N) is 3. The first-order chi connectivity index (χ1) is 14.9. The lowest BCUT2D eigenvalue weighted by Crippen LogP contribution is -2.24. The Morgan fingerprint density at radius 2 is 1.77 bits per heavy atom. The molecule has 0 unspecified atom stereocenters. The van der Waals surface area contributed by atoms with E-state index in [0.717, 1.165) is 22.6 Å². The lowest BCUT2D eigenvalue weighted by Gasteiger charge is -2.12. The molecule has 0 aliphatic rings. The van der Waals surface area contributed by atoms with Gasteiger partial charge in [0, 0.05) is 12.6 Å². The van der Waals surface area contributed by atoms with Crippen LogP contribution in [0.3, 0.4) is 0 Å². The molecule has 0 saturated heterocycles. The average Bonchev–Trinajstić information content (AvgIpc) is 2.74. The molecule has 0 aliphatic carbocycles. The van der Waals surface area contributed by atoms with Crippen molar-refractivity contribution in [2.24, 2.45) is 0 Å². The molecule has 0 fully saturated rings. The number of anilines is 3. The van der Waals surface area contributed by atoms with Gasteiger partial charge in [0.15, 0.2) is 0 Å². The van der Waals surface area contributed by atoms with Gasteiger partial charge in [-0.15, -0.1) is 0 Å². The molecule has 0 amide bonds. The molecule has 4 rings (SSSR count). The highest BCUT2D eigenvalue weighted by molar-refractivity contribution is 5.81. The smallest absolute Gasteiger partial charge is 0.266 e. The summed E-state index contributed by atoms with van der Waals surface area (Å²) in [5, 5.41) is 9.13. The van der Waals surface area contributed by atoms with Crippen LogP contribution in [-0.4, -0.2) is 24.5 Å². The van der Waals surface area contributed by atoms with Crippen LogP contribution in [0.1, 0.15) is 23.9 Å². The normalized spacial score (nSPS) is 10.2. The van der Waals surface area contributed by atoms with Crippen LogP contribution >= 0.6 is 0 Å². The van der Waals surface area contributed by atoms with Gasteiger partial charge in [-0.05, 0) is 30.7 Å². The summed E-state index contributed by atoms with van der Waals surface area (Å²) < 4.78 is 1.66. The highest BCUT2D eigenvalue weighted by Crippen LogP contribution is 2.16. The number of hydrogen-bond acceptors (Lipinski definition) is 9. The zero-order valence-corrected chi connectivity index (χ0v) is 17.1. The number of nitrogen functional groups attached to an aromatic ring is 3. The molecule has 156 valence electrons. The molecule has 1 aromatic carbocycles. The van der Waals surface area contributed by atoms with E-state index >= 15 is 0 Å². The summed E-state index contributed by atoms with van der Waals surface area (Å²) >= 11 is 0. The first-order valence-electron chi connectivity index (χ1n) is 9.37. The van der Waals surface area contributed by atoms with Crippen LogP contribution < -0.4 is 22.8 Å². The monoisotopic (exact) mass is 415 g/mol. The second-order valence-corrected chi connectivity index (χ2v) is 6.54. The third-order valence-corrected chi connectivity index (χ3v) is 4.49. The molecular weight excluding hydrogens is 394 g/mol. The van der Waals surface area contributed by atoms with Crippen molar-refractivity contribution in [2.45, 2.75) is 20.3 Å². The second kappa shape index (κ2) is 8.87. The van der Waals surface area contributed by atoms with E-state index in [2.05, 4.69) is 19.9 Å². The fourth-order valence-electron chi connectivity index (χ4n) is 3.06. The molecule has 0 atom stereocenters. The Balaban J connectivity index is 0.000000210. The highest BCUT2D eigenvalue weighted by Gasteiger charge is 2.12. The number of hydrogen-bond donors (Lipinski definition) is 3. The molecule has 31 heavy (non-hydrogen) atoms. The maximum Gasteiger partial charge on any atom is 0.266 e. The van der Waals surface area contributed by atoms with E-state index in [9.17, 15) is 4.79 Å². The molecule has 0 saturated carbocycles. The topological polar surface area (TPSA) is 175 Å². The van der Waals surface area contributed by atoms with Crippen LogP contribution in [0.4, 0.5) is 17.6 Å². The molecule has 10 nitrogen and oxygen atoms in total. The summed E-state index contributed by atoms with van der Waals surface area (Å²) in [6, 6.07) is 11.2. The van der Waals surface area contributed by atoms with Crippen molar-refractivity contribution < 1.29 is 0 Å². The maximum absolute atomic E-state index is 12.8. The van der Waals surface area contributed by atoms with Crippen LogP contribution in [0.15, 0.2) is 47.5 Å². The first-order valence-corrected chi connectivity index (χ1v) is 9.37. The second-order valence-electron chi connectivity index (χ2n) is 6.54. The molecule has 0 radical (unpaired) electrons. The number of nitriles is 1. The van der Waals surface area contributed by atoms with Crippen molar-refractivity contribution in [3.8, 4) is 11.8 Å². The van der Waals surface area contributed by atoms with E-state index in [1.807, 2.05) is 44.2 Å². The largest absolute Gasteiger partial charge is 0.382 e. The Kier molecular flexibility index (Phi) is 6.07. The molecular formula is C21H21N9O. The van der Waals surface area contributed by atoms with Crippen molar-refractivity contribution in [3.05, 3.63) is 70.0 Å². The molecule has 10 heteroatoms. The van der Waals surface area contributed by atoms with E-state index in [-0.39, 0.29) is 28.7 Å². The lowest BCUT2D eigenvalue weighted by atomic mass is 10.1. The number of aromatic nitrogens is 5. The summed E-state index contributed by atoms with van der Waals surface area (Å²) in [6.07, 6.45) is 4.07. The third-order valence-electron chi connectivity index (χ3n) is 4.49. The minimum Gasteiger partial charge on any atom is -0.382 e. The van der Waals surface area contributed by atoms with Gasteiger partial charge < -0.3 is 17.2 Å². The van der Waals surface area contributed by atoms with E-state index in [1.54, 1.807) is 23.0 Å². The molecule has 0 spiro atoms. The Bertz CT molecular complexity index is 1320. The molecule has 6 N–H and O–H groups in total. The Morgan fingerprint density at radius 3 is 2.35 bits per heavy atom. The fraction of sp³-hybridized carbons (Fsp3) is 0.143. The van der Waals surface area contributed by atoms with Crippen molar-refractivity contribution in [1.29, 1.82) is 5.26 Å². The zero-order valence-electron chi connectivity index (χ0n) is 17.1. The summed E-state index contributed by atoms with van der Waals surface area (Å²) in [4.78, 5) is 28.6. The van der Waals surface area contributed by atoms with Crippen LogP contribution in [0.2, 0.25) is 0 Å². The number of nitrogens with zero attached hydrogens (tertiary/aromatic N) is 6. The number of pyridine rings is 1. The molecule has 0 bridgehead atoms. The van der Waals surface area contributed by atoms with Crippen molar-refractivity contribution in [1.82, 2.24) is 24.5 Å². The number of aryl methyl sites for hydroxylation is 2. The highest BCUT2D eigenvalue weighted by atomic mass is 16.1. The maximum atomic E-state index is 12.8. The van der Waals surface area contributed by atoms with Crippen LogP contribution in [0.25, 0.3) is 16.6 Å². The Hall–Kier alpha value is -4.52. The summed E-state index contributed by atoms with van der Waals surface area (Å²) in [5.74, 6) is 0.745. The minimum atomic E-state index is -0.0297. The standard InChI is InChI=1S/C16H15N3O.C5H6N6/c1-3-14-18-13-8-4-6-11(2)15(13)16(20)19(14)12-7-5-9-17-10-12;6-1-2-3(7)10-5(9)11-4(2)8/h4-10H,3H2,1-2H3;(H6,7,8,9,10,11). The number of benzene rings is 1. The van der Waals surface area contributed by atoms with Gasteiger partial charge in [0.25, 0.3) is 5.56 Å². The van der Waals surface area contributed by atoms with E-state index in [1.165, 1.54) is 0 Å². The summed E-state index contributed by atoms with van der Waals surface area (Å²) in [7, 11) is 0. The van der Waals surface area contributed by atoms with Gasteiger partial charge in [-0.3, -0.25) is 14.3 Å². The zero-order chi connectivity index (χ0) is 22.5. The molecule has 4 aromatic rings. The van der Waals surface area contributed by atoms with Gasteiger partial charge >= 0.3 is 0 Å². The van der Waals surface area contributed by atoms with Gasteiger partial charge in [-0.25, -0.2) is 4.98 Å². The Labute approximate surface area is 178 Å². The fourth-order valence-corrected chi connectivity index (χ4v) is 3.06. The lowest BCUT2D eigenvalue weighted by molar-refractivity contribution is 0.829. The van der Waals surface area contributed by atoms with Gasteiger partial charge in [-0.1, -0.05) is 19.1 Å². The predicted octanol–water partition coefficient (Wildman–Crippen LogP) is 1.75. The van der Waals surface area contributed by atoms with Crippen LogP contribution in [-0.2, 0) is 6.42 Å². The third kappa shape index (κ3) is 4.25. The number of rotatable bonds is 2. The minimum absolute atomic E-state index is 0.0116. The molecule has 3 heterocycles. The van der Waals surface area contributed by atoms with Crippen molar-refractivity contribution >= 4 is 28.5 Å². The van der Waals surface area contributed by atoms with Crippen LogP contribution in [0.5, 0.6) is 0 Å². The van der Waals surface area contributed by atoms with Crippen molar-refractivity contribution in [3.63, 3.8) is 0 Å².